The van der Waals surface area contributed by atoms with Gasteiger partial charge in [-0.2, -0.15) is 0 Å². The zero-order valence-electron chi connectivity index (χ0n) is 15.0. The zero-order chi connectivity index (χ0) is 15.4. The standard InChI is InChI=1S/C18H34N4.HI/c1-3-19-17(20-14-16-8-7-12-21(16)2)22-13-11-18(15-22)9-5-4-6-10-18;/h16H,3-15H2,1-2H3,(H,19,20);1H. The minimum Gasteiger partial charge on any atom is -0.357 e. The number of rotatable bonds is 3. The van der Waals surface area contributed by atoms with E-state index in [1.165, 1.54) is 77.0 Å². The predicted octanol–water partition coefficient (Wildman–Crippen LogP) is 3.32. The molecule has 0 amide bonds. The molecule has 2 saturated heterocycles. The third-order valence-electron chi connectivity index (χ3n) is 6.11. The van der Waals surface area contributed by atoms with Crippen LogP contribution in [-0.2, 0) is 0 Å². The lowest BCUT2D eigenvalue weighted by molar-refractivity contribution is 0.203. The van der Waals surface area contributed by atoms with E-state index < -0.39 is 0 Å². The number of likely N-dealkylation sites (N-methyl/N-ethyl adjacent to an activating group) is 1. The number of nitrogens with zero attached hydrogens (tertiary/aromatic N) is 3. The molecule has 134 valence electrons. The fourth-order valence-electron chi connectivity index (χ4n) is 4.65. The Labute approximate surface area is 159 Å². The van der Waals surface area contributed by atoms with Gasteiger partial charge >= 0.3 is 0 Å². The highest BCUT2D eigenvalue weighted by molar-refractivity contribution is 14.0. The SMILES string of the molecule is CCNC(=NCC1CCCN1C)N1CCC2(CCCCC2)C1.I. The van der Waals surface area contributed by atoms with Crippen LogP contribution in [0.4, 0.5) is 0 Å². The maximum atomic E-state index is 5.00. The van der Waals surface area contributed by atoms with Crippen LogP contribution in [-0.4, -0.2) is 61.6 Å². The third kappa shape index (κ3) is 4.74. The predicted molar refractivity (Wildman–Crippen MR) is 109 cm³/mol. The van der Waals surface area contributed by atoms with Crippen LogP contribution in [0.1, 0.15) is 58.3 Å². The summed E-state index contributed by atoms with van der Waals surface area (Å²) >= 11 is 0. The lowest BCUT2D eigenvalue weighted by Crippen LogP contribution is -2.42. The topological polar surface area (TPSA) is 30.9 Å². The van der Waals surface area contributed by atoms with E-state index >= 15 is 0 Å². The normalized spacial score (nSPS) is 28.2. The van der Waals surface area contributed by atoms with Gasteiger partial charge in [0.15, 0.2) is 5.96 Å². The van der Waals surface area contributed by atoms with E-state index in [1.807, 2.05) is 0 Å². The van der Waals surface area contributed by atoms with Crippen molar-refractivity contribution < 1.29 is 0 Å². The number of aliphatic imine (C=N–C) groups is 1. The van der Waals surface area contributed by atoms with Crippen molar-refractivity contribution in [1.82, 2.24) is 15.1 Å². The molecule has 1 unspecified atom stereocenters. The van der Waals surface area contributed by atoms with E-state index in [2.05, 4.69) is 29.1 Å². The Morgan fingerprint density at radius 3 is 2.57 bits per heavy atom. The van der Waals surface area contributed by atoms with Gasteiger partial charge in [-0.3, -0.25) is 4.99 Å². The highest BCUT2D eigenvalue weighted by Gasteiger charge is 2.39. The van der Waals surface area contributed by atoms with Crippen LogP contribution in [0.15, 0.2) is 4.99 Å². The second-order valence-corrected chi connectivity index (χ2v) is 7.70. The summed E-state index contributed by atoms with van der Waals surface area (Å²) in [6, 6.07) is 0.653. The summed E-state index contributed by atoms with van der Waals surface area (Å²) in [6.07, 6.45) is 11.2. The van der Waals surface area contributed by atoms with Gasteiger partial charge in [0.1, 0.15) is 0 Å². The lowest BCUT2D eigenvalue weighted by Gasteiger charge is -2.33. The van der Waals surface area contributed by atoms with E-state index in [-0.39, 0.29) is 24.0 Å². The highest BCUT2D eigenvalue weighted by Crippen LogP contribution is 2.43. The van der Waals surface area contributed by atoms with Crippen LogP contribution in [0.5, 0.6) is 0 Å². The largest absolute Gasteiger partial charge is 0.357 e. The van der Waals surface area contributed by atoms with Crippen LogP contribution >= 0.6 is 24.0 Å². The summed E-state index contributed by atoms with van der Waals surface area (Å²) in [5, 5.41) is 3.54. The van der Waals surface area contributed by atoms with Crippen molar-refractivity contribution in [2.75, 3.05) is 39.8 Å². The Kier molecular flexibility index (Phi) is 7.45. The molecule has 3 fully saturated rings. The number of likely N-dealkylation sites (tertiary alicyclic amines) is 2. The van der Waals surface area contributed by atoms with Crippen LogP contribution in [0.2, 0.25) is 0 Å². The summed E-state index contributed by atoms with van der Waals surface area (Å²) in [4.78, 5) is 10.0. The van der Waals surface area contributed by atoms with Crippen molar-refractivity contribution in [3.8, 4) is 0 Å². The minimum atomic E-state index is 0. The number of halogens is 1. The molecule has 2 heterocycles. The molecule has 4 nitrogen and oxygen atoms in total. The van der Waals surface area contributed by atoms with E-state index in [0.29, 0.717) is 11.5 Å². The molecule has 3 aliphatic rings. The maximum absolute atomic E-state index is 5.00. The molecule has 2 aliphatic heterocycles. The van der Waals surface area contributed by atoms with Gasteiger partial charge in [-0.25, -0.2) is 0 Å². The first-order chi connectivity index (χ1) is 10.7. The van der Waals surface area contributed by atoms with Gasteiger partial charge < -0.3 is 15.1 Å². The molecule has 0 aromatic heterocycles. The molecular weight excluding hydrogens is 399 g/mol. The molecule has 0 radical (unpaired) electrons. The van der Waals surface area contributed by atoms with Crippen LogP contribution in [0, 0.1) is 5.41 Å². The quantitative estimate of drug-likeness (QED) is 0.420. The van der Waals surface area contributed by atoms with Crippen molar-refractivity contribution in [2.24, 2.45) is 10.4 Å². The Hall–Kier alpha value is -0.0400. The van der Waals surface area contributed by atoms with E-state index in [4.69, 9.17) is 4.99 Å². The molecule has 1 aliphatic carbocycles. The Bertz CT molecular complexity index is 392. The average molecular weight is 434 g/mol. The first kappa shape index (κ1) is 19.3. The molecule has 23 heavy (non-hydrogen) atoms. The molecule has 1 N–H and O–H groups in total. The molecular formula is C18H35IN4. The highest BCUT2D eigenvalue weighted by atomic mass is 127. The van der Waals surface area contributed by atoms with Crippen molar-refractivity contribution in [3.63, 3.8) is 0 Å². The molecule has 1 spiro atoms. The van der Waals surface area contributed by atoms with Crippen LogP contribution in [0.3, 0.4) is 0 Å². The molecule has 0 aromatic rings. The summed E-state index contributed by atoms with van der Waals surface area (Å²) in [5.41, 5.74) is 0.610. The Morgan fingerprint density at radius 2 is 1.91 bits per heavy atom. The van der Waals surface area contributed by atoms with E-state index in [9.17, 15) is 0 Å². The second kappa shape index (κ2) is 8.88. The molecule has 1 atom stereocenters. The first-order valence-electron chi connectivity index (χ1n) is 9.46. The number of hydrogen-bond donors (Lipinski definition) is 1. The van der Waals surface area contributed by atoms with Crippen molar-refractivity contribution in [2.45, 2.75) is 64.3 Å². The molecule has 3 rings (SSSR count). The van der Waals surface area contributed by atoms with Gasteiger partial charge in [0.2, 0.25) is 0 Å². The van der Waals surface area contributed by atoms with Gasteiger partial charge in [-0.05, 0) is 58.0 Å². The fourth-order valence-corrected chi connectivity index (χ4v) is 4.65. The van der Waals surface area contributed by atoms with Gasteiger partial charge in [-0.1, -0.05) is 19.3 Å². The van der Waals surface area contributed by atoms with Gasteiger partial charge in [-0.15, -0.1) is 24.0 Å². The Morgan fingerprint density at radius 1 is 1.13 bits per heavy atom. The van der Waals surface area contributed by atoms with Crippen molar-refractivity contribution in [3.05, 3.63) is 0 Å². The van der Waals surface area contributed by atoms with Gasteiger partial charge in [0, 0.05) is 25.7 Å². The van der Waals surface area contributed by atoms with Gasteiger partial charge in [0.05, 0.1) is 6.54 Å². The number of nitrogens with one attached hydrogen (secondary N) is 1. The monoisotopic (exact) mass is 434 g/mol. The molecule has 5 heteroatoms. The van der Waals surface area contributed by atoms with Crippen molar-refractivity contribution in [1.29, 1.82) is 0 Å². The minimum absolute atomic E-state index is 0. The summed E-state index contributed by atoms with van der Waals surface area (Å²) in [5.74, 6) is 1.17. The van der Waals surface area contributed by atoms with Crippen LogP contribution in [0.25, 0.3) is 0 Å². The summed E-state index contributed by atoms with van der Waals surface area (Å²) in [7, 11) is 2.24. The maximum Gasteiger partial charge on any atom is 0.193 e. The van der Waals surface area contributed by atoms with Crippen LogP contribution < -0.4 is 5.32 Å². The third-order valence-corrected chi connectivity index (χ3v) is 6.11. The molecule has 0 bridgehead atoms. The smallest absolute Gasteiger partial charge is 0.193 e. The van der Waals surface area contributed by atoms with Gasteiger partial charge in [0.25, 0.3) is 0 Å². The number of guanidine groups is 1. The summed E-state index contributed by atoms with van der Waals surface area (Å²) < 4.78 is 0. The second-order valence-electron chi connectivity index (χ2n) is 7.70. The van der Waals surface area contributed by atoms with Crippen molar-refractivity contribution >= 4 is 29.9 Å². The van der Waals surface area contributed by atoms with E-state index in [0.717, 1.165) is 13.1 Å². The summed E-state index contributed by atoms with van der Waals surface area (Å²) in [6.45, 7) is 7.80. The molecule has 0 aromatic carbocycles. The zero-order valence-corrected chi connectivity index (χ0v) is 17.3. The number of hydrogen-bond acceptors (Lipinski definition) is 2. The molecule has 1 saturated carbocycles. The van der Waals surface area contributed by atoms with E-state index in [1.54, 1.807) is 0 Å². The Balaban J connectivity index is 0.00000192. The lowest BCUT2D eigenvalue weighted by atomic mass is 9.73. The fraction of sp³-hybridized carbons (Fsp3) is 0.944. The average Bonchev–Trinajstić information content (AvgIpc) is 3.12. The first-order valence-corrected chi connectivity index (χ1v) is 9.46.